The normalized spacial score (nSPS) is 16.2. The summed E-state index contributed by atoms with van der Waals surface area (Å²) in [5, 5.41) is 10.4. The number of benzene rings is 2. The number of rotatable bonds is 5. The van der Waals surface area contributed by atoms with Crippen molar-refractivity contribution in [2.45, 2.75) is 12.5 Å². The Bertz CT molecular complexity index is 971. The van der Waals surface area contributed by atoms with Crippen molar-refractivity contribution in [1.29, 1.82) is 0 Å². The predicted molar refractivity (Wildman–Crippen MR) is 105 cm³/mol. The molecule has 3 aromatic rings. The van der Waals surface area contributed by atoms with Gasteiger partial charge in [0.2, 0.25) is 0 Å². The third-order valence-corrected chi connectivity index (χ3v) is 4.90. The van der Waals surface area contributed by atoms with Crippen LogP contribution in [0.3, 0.4) is 0 Å². The molecule has 4 rings (SSSR count). The van der Waals surface area contributed by atoms with E-state index in [1.807, 2.05) is 30.3 Å². The van der Waals surface area contributed by atoms with Gasteiger partial charge in [-0.2, -0.15) is 5.10 Å². The lowest BCUT2D eigenvalue weighted by atomic mass is 10.1. The van der Waals surface area contributed by atoms with E-state index in [9.17, 15) is 9.18 Å². The van der Waals surface area contributed by atoms with Crippen LogP contribution in [0.4, 0.5) is 10.2 Å². The lowest BCUT2D eigenvalue weighted by molar-refractivity contribution is 0.0940. The summed E-state index contributed by atoms with van der Waals surface area (Å²) in [6.45, 7) is 1.45. The Morgan fingerprint density at radius 2 is 2.07 bits per heavy atom. The van der Waals surface area contributed by atoms with Crippen molar-refractivity contribution in [2.75, 3.05) is 25.1 Å². The van der Waals surface area contributed by atoms with Crippen LogP contribution in [-0.4, -0.2) is 42.3 Å². The second kappa shape index (κ2) is 7.72. The molecule has 0 radical (unpaired) electrons. The number of nitrogens with one attached hydrogen (secondary N) is 2. The number of carbonyl (C=O) groups is 1. The number of H-pyrrole nitrogens is 1. The summed E-state index contributed by atoms with van der Waals surface area (Å²) in [6.07, 6.45) is 0.811. The van der Waals surface area contributed by atoms with E-state index in [4.69, 9.17) is 4.74 Å². The Kier molecular flexibility index (Phi) is 4.97. The highest BCUT2D eigenvalue weighted by Crippen LogP contribution is 2.26. The van der Waals surface area contributed by atoms with Crippen LogP contribution in [0.15, 0.2) is 54.6 Å². The number of amides is 1. The van der Waals surface area contributed by atoms with Crippen molar-refractivity contribution in [3.8, 4) is 17.0 Å². The number of hydrogen-bond acceptors (Lipinski definition) is 4. The summed E-state index contributed by atoms with van der Waals surface area (Å²) in [5.41, 5.74) is 2.28. The van der Waals surface area contributed by atoms with Crippen molar-refractivity contribution in [3.05, 3.63) is 66.0 Å². The Balaban J connectivity index is 1.39. The summed E-state index contributed by atoms with van der Waals surface area (Å²) in [6, 6.07) is 15.5. The molecule has 0 aliphatic carbocycles. The minimum absolute atomic E-state index is 0.00287. The molecule has 1 aliphatic rings. The Morgan fingerprint density at radius 1 is 1.25 bits per heavy atom. The molecule has 1 aromatic heterocycles. The smallest absolute Gasteiger partial charge is 0.251 e. The third-order valence-electron chi connectivity index (χ3n) is 4.90. The van der Waals surface area contributed by atoms with Crippen LogP contribution < -0.4 is 15.0 Å². The van der Waals surface area contributed by atoms with Gasteiger partial charge in [0, 0.05) is 30.8 Å². The van der Waals surface area contributed by atoms with E-state index in [2.05, 4.69) is 20.4 Å². The van der Waals surface area contributed by atoms with E-state index in [0.717, 1.165) is 35.8 Å². The van der Waals surface area contributed by atoms with Crippen LogP contribution in [0, 0.1) is 5.82 Å². The molecule has 0 spiro atoms. The second-order valence-corrected chi connectivity index (χ2v) is 6.78. The maximum absolute atomic E-state index is 13.3. The molecule has 1 saturated heterocycles. The van der Waals surface area contributed by atoms with Gasteiger partial charge >= 0.3 is 0 Å². The van der Waals surface area contributed by atoms with Gasteiger partial charge in [-0.1, -0.05) is 6.07 Å². The highest BCUT2D eigenvalue weighted by atomic mass is 19.1. The van der Waals surface area contributed by atoms with Crippen LogP contribution in [0.2, 0.25) is 0 Å². The standard InChI is InChI=1S/C21H21FN4O2/c1-28-18-7-5-14(6-8-18)19-12-20(25-24-19)26-10-9-17(13-26)23-21(27)15-3-2-4-16(22)11-15/h2-8,11-12,17H,9-10,13H2,1H3,(H,23,27)(H,24,25). The molecule has 28 heavy (non-hydrogen) atoms. The zero-order valence-corrected chi connectivity index (χ0v) is 15.5. The number of aromatic nitrogens is 2. The average Bonchev–Trinajstić information content (AvgIpc) is 3.37. The molecule has 0 saturated carbocycles. The number of nitrogens with zero attached hydrogens (tertiary/aromatic N) is 2. The lowest BCUT2D eigenvalue weighted by Gasteiger charge is -2.16. The van der Waals surface area contributed by atoms with Crippen LogP contribution >= 0.6 is 0 Å². The Labute approximate surface area is 162 Å². The van der Waals surface area contributed by atoms with E-state index in [1.54, 1.807) is 13.2 Å². The maximum atomic E-state index is 13.3. The predicted octanol–water partition coefficient (Wildman–Crippen LogP) is 3.23. The zero-order chi connectivity index (χ0) is 19.5. The van der Waals surface area contributed by atoms with Crippen molar-refractivity contribution in [1.82, 2.24) is 15.5 Å². The summed E-state index contributed by atoms with van der Waals surface area (Å²) < 4.78 is 18.5. The molecule has 1 atom stereocenters. The molecule has 2 heterocycles. The van der Waals surface area contributed by atoms with Crippen LogP contribution in [0.1, 0.15) is 16.8 Å². The average molecular weight is 380 g/mol. The quantitative estimate of drug-likeness (QED) is 0.713. The molecule has 7 heteroatoms. The van der Waals surface area contributed by atoms with E-state index < -0.39 is 5.82 Å². The minimum atomic E-state index is -0.414. The van der Waals surface area contributed by atoms with Gasteiger partial charge in [0.05, 0.1) is 12.8 Å². The minimum Gasteiger partial charge on any atom is -0.497 e. The molecule has 2 aromatic carbocycles. The first-order valence-corrected chi connectivity index (χ1v) is 9.13. The van der Waals surface area contributed by atoms with Crippen molar-refractivity contribution < 1.29 is 13.9 Å². The van der Waals surface area contributed by atoms with Gasteiger partial charge in [-0.05, 0) is 54.4 Å². The van der Waals surface area contributed by atoms with Crippen molar-refractivity contribution in [3.63, 3.8) is 0 Å². The molecular formula is C21H21FN4O2. The van der Waals surface area contributed by atoms with Crippen LogP contribution in [0.25, 0.3) is 11.3 Å². The maximum Gasteiger partial charge on any atom is 0.251 e. The van der Waals surface area contributed by atoms with E-state index in [1.165, 1.54) is 18.2 Å². The monoisotopic (exact) mass is 380 g/mol. The summed E-state index contributed by atoms with van der Waals surface area (Å²) in [5.74, 6) is 0.976. The molecule has 1 amide bonds. The number of methoxy groups -OCH3 is 1. The number of halogens is 1. The van der Waals surface area contributed by atoms with Crippen LogP contribution in [-0.2, 0) is 0 Å². The van der Waals surface area contributed by atoms with Gasteiger partial charge in [-0.15, -0.1) is 0 Å². The van der Waals surface area contributed by atoms with Gasteiger partial charge in [-0.3, -0.25) is 9.89 Å². The SMILES string of the molecule is COc1ccc(-c2cc(N3CCC(NC(=O)c4cccc(F)c4)C3)n[nH]2)cc1. The Hall–Kier alpha value is -3.35. The summed E-state index contributed by atoms with van der Waals surface area (Å²) in [4.78, 5) is 14.4. The van der Waals surface area contributed by atoms with Crippen molar-refractivity contribution in [2.24, 2.45) is 0 Å². The van der Waals surface area contributed by atoms with Gasteiger partial charge in [0.25, 0.3) is 5.91 Å². The van der Waals surface area contributed by atoms with E-state index in [-0.39, 0.29) is 11.9 Å². The Morgan fingerprint density at radius 3 is 2.82 bits per heavy atom. The second-order valence-electron chi connectivity index (χ2n) is 6.78. The van der Waals surface area contributed by atoms with Crippen LogP contribution in [0.5, 0.6) is 5.75 Å². The molecule has 144 valence electrons. The first-order valence-electron chi connectivity index (χ1n) is 9.13. The number of carbonyl (C=O) groups excluding carboxylic acids is 1. The number of aromatic amines is 1. The highest BCUT2D eigenvalue weighted by Gasteiger charge is 2.26. The fraction of sp³-hybridized carbons (Fsp3) is 0.238. The van der Waals surface area contributed by atoms with E-state index in [0.29, 0.717) is 12.1 Å². The molecule has 2 N–H and O–H groups in total. The van der Waals surface area contributed by atoms with Gasteiger partial charge in [-0.25, -0.2) is 4.39 Å². The number of anilines is 1. The molecule has 6 nitrogen and oxygen atoms in total. The third kappa shape index (κ3) is 3.83. The van der Waals surface area contributed by atoms with E-state index >= 15 is 0 Å². The first-order chi connectivity index (χ1) is 13.6. The number of hydrogen-bond donors (Lipinski definition) is 2. The molecule has 1 aliphatic heterocycles. The largest absolute Gasteiger partial charge is 0.497 e. The van der Waals surface area contributed by atoms with Gasteiger partial charge in [0.1, 0.15) is 11.6 Å². The zero-order valence-electron chi connectivity index (χ0n) is 15.5. The number of ether oxygens (including phenoxy) is 1. The van der Waals surface area contributed by atoms with Crippen molar-refractivity contribution >= 4 is 11.7 Å². The lowest BCUT2D eigenvalue weighted by Crippen LogP contribution is -2.37. The molecular weight excluding hydrogens is 359 g/mol. The fourth-order valence-corrected chi connectivity index (χ4v) is 3.38. The fourth-order valence-electron chi connectivity index (χ4n) is 3.38. The molecule has 1 fully saturated rings. The van der Waals surface area contributed by atoms with Gasteiger partial charge < -0.3 is 15.0 Å². The summed E-state index contributed by atoms with van der Waals surface area (Å²) in [7, 11) is 1.64. The summed E-state index contributed by atoms with van der Waals surface area (Å²) >= 11 is 0. The molecule has 0 bridgehead atoms. The highest BCUT2D eigenvalue weighted by molar-refractivity contribution is 5.94. The molecule has 1 unspecified atom stereocenters. The topological polar surface area (TPSA) is 70.2 Å². The first kappa shape index (κ1) is 18.0. The van der Waals surface area contributed by atoms with Gasteiger partial charge in [0.15, 0.2) is 5.82 Å².